The van der Waals surface area contributed by atoms with Gasteiger partial charge >= 0.3 is 0 Å². The molecule has 3 rings (SSSR count). The van der Waals surface area contributed by atoms with Crippen LogP contribution in [0.25, 0.3) is 0 Å². The molecule has 29 heavy (non-hydrogen) atoms. The van der Waals surface area contributed by atoms with E-state index in [4.69, 9.17) is 11.6 Å². The fourth-order valence-electron chi connectivity index (χ4n) is 2.71. The molecule has 0 aliphatic carbocycles. The van der Waals surface area contributed by atoms with Crippen LogP contribution in [0.15, 0.2) is 65.6 Å². The third kappa shape index (κ3) is 4.96. The Balaban J connectivity index is 1.78. The van der Waals surface area contributed by atoms with Crippen molar-refractivity contribution in [3.05, 3.63) is 87.9 Å². The van der Waals surface area contributed by atoms with E-state index in [1.165, 1.54) is 30.3 Å². The van der Waals surface area contributed by atoms with Crippen molar-refractivity contribution in [3.63, 3.8) is 0 Å². The minimum Gasteiger partial charge on any atom is -0.322 e. The molecule has 0 saturated carbocycles. The highest BCUT2D eigenvalue weighted by Gasteiger charge is 2.16. The third-order valence-electron chi connectivity index (χ3n) is 4.56. The van der Waals surface area contributed by atoms with Crippen molar-refractivity contribution in [2.75, 3.05) is 10.0 Å². The zero-order valence-electron chi connectivity index (χ0n) is 16.3. The van der Waals surface area contributed by atoms with Gasteiger partial charge < -0.3 is 5.32 Å². The predicted octanol–water partition coefficient (Wildman–Crippen LogP) is 5.32. The first-order chi connectivity index (χ1) is 13.7. The topological polar surface area (TPSA) is 75.3 Å². The van der Waals surface area contributed by atoms with Crippen molar-refractivity contribution in [2.24, 2.45) is 0 Å². The second-order valence-electron chi connectivity index (χ2n) is 6.87. The van der Waals surface area contributed by atoms with Gasteiger partial charge in [-0.15, -0.1) is 0 Å². The summed E-state index contributed by atoms with van der Waals surface area (Å²) in [5.74, 6) is -0.369. The quantitative estimate of drug-likeness (QED) is 0.577. The van der Waals surface area contributed by atoms with Gasteiger partial charge in [0.25, 0.3) is 15.9 Å². The molecule has 150 valence electrons. The maximum atomic E-state index is 12.5. The van der Waals surface area contributed by atoms with Crippen molar-refractivity contribution in [2.45, 2.75) is 25.7 Å². The summed E-state index contributed by atoms with van der Waals surface area (Å²) >= 11 is 6.25. The lowest BCUT2D eigenvalue weighted by Gasteiger charge is -2.12. The normalized spacial score (nSPS) is 11.2. The Morgan fingerprint density at radius 1 is 0.828 bits per heavy atom. The van der Waals surface area contributed by atoms with Crippen LogP contribution >= 0.6 is 11.6 Å². The number of anilines is 2. The van der Waals surface area contributed by atoms with E-state index in [2.05, 4.69) is 10.0 Å². The summed E-state index contributed by atoms with van der Waals surface area (Å²) < 4.78 is 27.5. The molecular formula is C22H21ClN2O3S. The summed E-state index contributed by atoms with van der Waals surface area (Å²) in [7, 11) is -3.75. The number of halogens is 1. The van der Waals surface area contributed by atoms with E-state index in [1.54, 1.807) is 12.1 Å². The smallest absolute Gasteiger partial charge is 0.261 e. The number of hydrogen-bond acceptors (Lipinski definition) is 3. The minimum absolute atomic E-state index is 0.149. The Bertz CT molecular complexity index is 1170. The number of aryl methyl sites for hydroxylation is 3. The second kappa shape index (κ2) is 8.27. The molecular weight excluding hydrogens is 408 g/mol. The monoisotopic (exact) mass is 428 g/mol. The van der Waals surface area contributed by atoms with Crippen LogP contribution in [0.5, 0.6) is 0 Å². The van der Waals surface area contributed by atoms with Crippen molar-refractivity contribution in [3.8, 4) is 0 Å². The molecule has 3 aromatic carbocycles. The van der Waals surface area contributed by atoms with Crippen molar-refractivity contribution in [1.82, 2.24) is 0 Å². The highest BCUT2D eigenvalue weighted by atomic mass is 35.5. The Morgan fingerprint density at radius 3 is 2.10 bits per heavy atom. The molecule has 5 nitrogen and oxygen atoms in total. The van der Waals surface area contributed by atoms with Gasteiger partial charge in [-0.25, -0.2) is 8.42 Å². The van der Waals surface area contributed by atoms with Crippen LogP contribution in [0.3, 0.4) is 0 Å². The summed E-state index contributed by atoms with van der Waals surface area (Å²) in [6, 6.07) is 16.6. The van der Waals surface area contributed by atoms with Gasteiger partial charge in [0.1, 0.15) is 0 Å². The molecule has 2 N–H and O–H groups in total. The molecule has 3 aromatic rings. The van der Waals surface area contributed by atoms with Crippen LogP contribution in [0.1, 0.15) is 27.0 Å². The van der Waals surface area contributed by atoms with Crippen LogP contribution in [-0.4, -0.2) is 14.3 Å². The Morgan fingerprint density at radius 2 is 1.48 bits per heavy atom. The molecule has 0 aliphatic heterocycles. The Labute approximate surface area is 175 Å². The lowest BCUT2D eigenvalue weighted by Crippen LogP contribution is -2.15. The van der Waals surface area contributed by atoms with Gasteiger partial charge in [0.2, 0.25) is 0 Å². The second-order valence-corrected chi connectivity index (χ2v) is 8.96. The van der Waals surface area contributed by atoms with E-state index in [-0.39, 0.29) is 27.1 Å². The van der Waals surface area contributed by atoms with Gasteiger partial charge in [0.15, 0.2) is 0 Å². The molecule has 0 aromatic heterocycles. The molecule has 0 fully saturated rings. The van der Waals surface area contributed by atoms with Crippen LogP contribution in [-0.2, 0) is 10.0 Å². The van der Waals surface area contributed by atoms with E-state index in [1.807, 2.05) is 39.0 Å². The summed E-state index contributed by atoms with van der Waals surface area (Å²) in [5.41, 5.74) is 4.35. The molecule has 0 spiro atoms. The molecule has 0 unspecified atom stereocenters. The lowest BCUT2D eigenvalue weighted by atomic mass is 10.1. The van der Waals surface area contributed by atoms with E-state index in [9.17, 15) is 13.2 Å². The van der Waals surface area contributed by atoms with Crippen LogP contribution in [0.4, 0.5) is 11.4 Å². The zero-order chi connectivity index (χ0) is 21.2. The van der Waals surface area contributed by atoms with E-state index >= 15 is 0 Å². The number of nitrogens with one attached hydrogen (secondary N) is 2. The molecule has 1 amide bonds. The molecule has 7 heteroatoms. The molecule has 0 heterocycles. The first-order valence-electron chi connectivity index (χ1n) is 8.93. The summed E-state index contributed by atoms with van der Waals surface area (Å²) in [5, 5.41) is 2.95. The number of carbonyl (C=O) groups is 1. The van der Waals surface area contributed by atoms with Crippen LogP contribution in [0.2, 0.25) is 5.02 Å². The summed E-state index contributed by atoms with van der Waals surface area (Å²) in [6.45, 7) is 5.84. The van der Waals surface area contributed by atoms with Crippen molar-refractivity contribution >= 4 is 38.9 Å². The van der Waals surface area contributed by atoms with E-state index in [0.717, 1.165) is 16.7 Å². The molecule has 0 bridgehead atoms. The zero-order valence-corrected chi connectivity index (χ0v) is 17.9. The van der Waals surface area contributed by atoms with Crippen molar-refractivity contribution in [1.29, 1.82) is 0 Å². The molecule has 0 atom stereocenters. The number of amides is 1. The van der Waals surface area contributed by atoms with Crippen LogP contribution in [0, 0.1) is 20.8 Å². The summed E-state index contributed by atoms with van der Waals surface area (Å²) in [4.78, 5) is 12.7. The number of sulfonamides is 1. The van der Waals surface area contributed by atoms with Gasteiger partial charge in [-0.1, -0.05) is 35.4 Å². The molecule has 0 aliphatic rings. The first-order valence-corrected chi connectivity index (χ1v) is 10.8. The fraction of sp³-hybridized carbons (Fsp3) is 0.136. The number of rotatable bonds is 5. The Kier molecular flexibility index (Phi) is 5.96. The summed E-state index contributed by atoms with van der Waals surface area (Å²) in [6.07, 6.45) is 0. The highest BCUT2D eigenvalue weighted by molar-refractivity contribution is 7.92. The maximum Gasteiger partial charge on any atom is 0.261 e. The number of benzene rings is 3. The van der Waals surface area contributed by atoms with Gasteiger partial charge in [0.05, 0.1) is 21.2 Å². The van der Waals surface area contributed by atoms with Gasteiger partial charge in [-0.2, -0.15) is 0 Å². The van der Waals surface area contributed by atoms with Gasteiger partial charge in [-0.05, 0) is 74.4 Å². The average molecular weight is 429 g/mol. The SMILES string of the molecule is Cc1ccc(S(=O)(=O)Nc2ccc(C(=O)Nc3ccc(C)c(C)c3)c(Cl)c2)cc1. The van der Waals surface area contributed by atoms with E-state index < -0.39 is 10.0 Å². The standard InChI is InChI=1S/C22H21ClN2O3S/c1-14-4-9-19(10-5-14)29(27,28)25-18-8-11-20(21(23)13-18)22(26)24-17-7-6-15(2)16(3)12-17/h4-13,25H,1-3H3,(H,24,26). The third-order valence-corrected chi connectivity index (χ3v) is 6.27. The largest absolute Gasteiger partial charge is 0.322 e. The van der Waals surface area contributed by atoms with Gasteiger partial charge in [0, 0.05) is 5.69 Å². The Hall–Kier alpha value is -2.83. The number of hydrogen-bond donors (Lipinski definition) is 2. The van der Waals surface area contributed by atoms with Crippen LogP contribution < -0.4 is 10.0 Å². The minimum atomic E-state index is -3.75. The first kappa shape index (κ1) is 20.9. The average Bonchev–Trinajstić information content (AvgIpc) is 2.65. The fourth-order valence-corrected chi connectivity index (χ4v) is 4.03. The highest BCUT2D eigenvalue weighted by Crippen LogP contribution is 2.25. The molecule has 0 radical (unpaired) electrons. The molecule has 0 saturated heterocycles. The maximum absolute atomic E-state index is 12.5. The predicted molar refractivity (Wildman–Crippen MR) is 117 cm³/mol. The van der Waals surface area contributed by atoms with E-state index in [0.29, 0.717) is 5.69 Å². The lowest BCUT2D eigenvalue weighted by molar-refractivity contribution is 0.102. The van der Waals surface area contributed by atoms with Gasteiger partial charge in [-0.3, -0.25) is 9.52 Å². The number of carbonyl (C=O) groups excluding carboxylic acids is 1. The van der Waals surface area contributed by atoms with Crippen molar-refractivity contribution < 1.29 is 13.2 Å².